The van der Waals surface area contributed by atoms with Crippen molar-refractivity contribution in [1.82, 2.24) is 0 Å². The van der Waals surface area contributed by atoms with Gasteiger partial charge in [0.25, 0.3) is 0 Å². The Bertz CT molecular complexity index is 597. The van der Waals surface area contributed by atoms with Gasteiger partial charge in [0.05, 0.1) is 5.56 Å². The van der Waals surface area contributed by atoms with Crippen LogP contribution in [-0.2, 0) is 0 Å². The maximum Gasteiger partial charge on any atom is 0.198 e. The van der Waals surface area contributed by atoms with E-state index in [0.29, 0.717) is 12.1 Å². The summed E-state index contributed by atoms with van der Waals surface area (Å²) in [7, 11) is 0. The van der Waals surface area contributed by atoms with Crippen molar-refractivity contribution in [2.45, 2.75) is 6.92 Å². The van der Waals surface area contributed by atoms with Crippen LogP contribution in [0.15, 0.2) is 36.4 Å². The zero-order chi connectivity index (χ0) is 13.3. The van der Waals surface area contributed by atoms with Crippen LogP contribution in [0.2, 0.25) is 0 Å². The molecular weight excluding hydrogens is 241 g/mol. The molecule has 0 fully saturated rings. The monoisotopic (exact) mass is 250 g/mol. The van der Waals surface area contributed by atoms with Gasteiger partial charge >= 0.3 is 0 Å². The highest BCUT2D eigenvalue weighted by molar-refractivity contribution is 6.09. The lowest BCUT2D eigenvalue weighted by atomic mass is 10.0. The van der Waals surface area contributed by atoms with E-state index < -0.39 is 28.8 Å². The first-order valence-electron chi connectivity index (χ1n) is 5.25. The topological polar surface area (TPSA) is 17.1 Å². The first kappa shape index (κ1) is 12.4. The standard InChI is InChI=1S/C14H9F3O/c1-8-3-2-4-9(5-8)14(18)13-11(16)6-10(15)7-12(13)17/h2-7H,1H3. The number of ketones is 1. The molecule has 4 heteroatoms. The fourth-order valence-corrected chi connectivity index (χ4v) is 1.69. The molecule has 0 aliphatic heterocycles. The summed E-state index contributed by atoms with van der Waals surface area (Å²) in [6, 6.07) is 7.33. The van der Waals surface area contributed by atoms with E-state index in [1.165, 1.54) is 12.1 Å². The average molecular weight is 250 g/mol. The molecule has 0 amide bonds. The Labute approximate surface area is 102 Å². The molecule has 0 bridgehead atoms. The second-order valence-electron chi connectivity index (χ2n) is 3.94. The van der Waals surface area contributed by atoms with E-state index in [-0.39, 0.29) is 5.56 Å². The van der Waals surface area contributed by atoms with Crippen molar-refractivity contribution in [3.8, 4) is 0 Å². The number of benzene rings is 2. The highest BCUT2D eigenvalue weighted by Gasteiger charge is 2.20. The molecule has 0 aromatic heterocycles. The van der Waals surface area contributed by atoms with Crippen LogP contribution < -0.4 is 0 Å². The average Bonchev–Trinajstić information content (AvgIpc) is 2.27. The number of hydrogen-bond acceptors (Lipinski definition) is 1. The Kier molecular flexibility index (Phi) is 3.19. The maximum atomic E-state index is 13.4. The molecule has 2 aromatic rings. The maximum absolute atomic E-state index is 13.4. The predicted octanol–water partition coefficient (Wildman–Crippen LogP) is 3.64. The quantitative estimate of drug-likeness (QED) is 0.743. The van der Waals surface area contributed by atoms with Gasteiger partial charge in [-0.2, -0.15) is 0 Å². The third-order valence-corrected chi connectivity index (χ3v) is 2.51. The molecule has 0 atom stereocenters. The van der Waals surface area contributed by atoms with Crippen molar-refractivity contribution in [1.29, 1.82) is 0 Å². The van der Waals surface area contributed by atoms with Gasteiger partial charge in [0.1, 0.15) is 17.5 Å². The Morgan fingerprint density at radius 2 is 1.61 bits per heavy atom. The summed E-state index contributed by atoms with van der Waals surface area (Å²) in [6.45, 7) is 1.76. The van der Waals surface area contributed by atoms with Crippen molar-refractivity contribution < 1.29 is 18.0 Å². The third kappa shape index (κ3) is 2.27. The fourth-order valence-electron chi connectivity index (χ4n) is 1.69. The molecule has 0 saturated carbocycles. The van der Waals surface area contributed by atoms with Gasteiger partial charge in [-0.25, -0.2) is 13.2 Å². The molecule has 2 aromatic carbocycles. The van der Waals surface area contributed by atoms with Crippen molar-refractivity contribution in [3.05, 3.63) is 70.5 Å². The summed E-state index contributed by atoms with van der Waals surface area (Å²) >= 11 is 0. The first-order chi connectivity index (χ1) is 8.49. The van der Waals surface area contributed by atoms with Crippen molar-refractivity contribution in [2.24, 2.45) is 0 Å². The minimum atomic E-state index is -1.20. The first-order valence-corrected chi connectivity index (χ1v) is 5.25. The third-order valence-electron chi connectivity index (χ3n) is 2.51. The fraction of sp³-hybridized carbons (Fsp3) is 0.0714. The molecule has 18 heavy (non-hydrogen) atoms. The number of rotatable bonds is 2. The van der Waals surface area contributed by atoms with Crippen LogP contribution in [0.3, 0.4) is 0 Å². The minimum Gasteiger partial charge on any atom is -0.288 e. The Balaban J connectivity index is 2.53. The number of hydrogen-bond donors (Lipinski definition) is 0. The largest absolute Gasteiger partial charge is 0.288 e. The predicted molar refractivity (Wildman–Crippen MR) is 60.9 cm³/mol. The number of carbonyl (C=O) groups excluding carboxylic acids is 1. The molecule has 92 valence electrons. The molecular formula is C14H9F3O. The molecule has 0 N–H and O–H groups in total. The molecule has 0 unspecified atom stereocenters. The molecule has 1 nitrogen and oxygen atoms in total. The summed E-state index contributed by atoms with van der Waals surface area (Å²) in [5.74, 6) is -4.24. The molecule has 0 heterocycles. The van der Waals surface area contributed by atoms with Crippen LogP contribution in [0, 0.1) is 24.4 Å². The molecule has 0 aliphatic rings. The lowest BCUT2D eigenvalue weighted by Crippen LogP contribution is -2.08. The summed E-state index contributed by atoms with van der Waals surface area (Å²) < 4.78 is 39.6. The summed E-state index contributed by atoms with van der Waals surface area (Å²) in [4.78, 5) is 11.9. The zero-order valence-electron chi connectivity index (χ0n) is 9.51. The summed E-state index contributed by atoms with van der Waals surface area (Å²) in [5, 5.41) is 0. The van der Waals surface area contributed by atoms with Crippen LogP contribution in [0.5, 0.6) is 0 Å². The molecule has 0 aliphatic carbocycles. The van der Waals surface area contributed by atoms with Crippen LogP contribution >= 0.6 is 0 Å². The summed E-state index contributed by atoms with van der Waals surface area (Å²) in [5.41, 5.74) is 0.227. The smallest absolute Gasteiger partial charge is 0.198 e. The van der Waals surface area contributed by atoms with E-state index in [9.17, 15) is 18.0 Å². The summed E-state index contributed by atoms with van der Waals surface area (Å²) in [6.07, 6.45) is 0. The van der Waals surface area contributed by atoms with Gasteiger partial charge in [0, 0.05) is 17.7 Å². The van der Waals surface area contributed by atoms with Gasteiger partial charge in [-0.15, -0.1) is 0 Å². The molecule has 2 rings (SSSR count). The van der Waals surface area contributed by atoms with Crippen LogP contribution in [0.4, 0.5) is 13.2 Å². The Hall–Kier alpha value is -2.10. The normalized spacial score (nSPS) is 10.4. The molecule has 0 saturated heterocycles. The van der Waals surface area contributed by atoms with Crippen LogP contribution in [0.25, 0.3) is 0 Å². The van der Waals surface area contributed by atoms with Crippen molar-refractivity contribution in [3.63, 3.8) is 0 Å². The van der Waals surface area contributed by atoms with E-state index in [2.05, 4.69) is 0 Å². The van der Waals surface area contributed by atoms with Gasteiger partial charge in [-0.1, -0.05) is 23.8 Å². The molecule has 0 radical (unpaired) electrons. The van der Waals surface area contributed by atoms with E-state index in [0.717, 1.165) is 5.56 Å². The lowest BCUT2D eigenvalue weighted by Gasteiger charge is -2.05. The van der Waals surface area contributed by atoms with Gasteiger partial charge in [0.15, 0.2) is 5.78 Å². The highest BCUT2D eigenvalue weighted by Crippen LogP contribution is 2.19. The minimum absolute atomic E-state index is 0.166. The second kappa shape index (κ2) is 4.64. The van der Waals surface area contributed by atoms with E-state index in [1.54, 1.807) is 19.1 Å². The van der Waals surface area contributed by atoms with E-state index in [4.69, 9.17) is 0 Å². The zero-order valence-corrected chi connectivity index (χ0v) is 9.51. The van der Waals surface area contributed by atoms with E-state index >= 15 is 0 Å². The lowest BCUT2D eigenvalue weighted by molar-refractivity contribution is 0.103. The van der Waals surface area contributed by atoms with Crippen LogP contribution in [0.1, 0.15) is 21.5 Å². The Morgan fingerprint density at radius 3 is 2.17 bits per heavy atom. The molecule has 0 spiro atoms. The van der Waals surface area contributed by atoms with Crippen LogP contribution in [-0.4, -0.2) is 5.78 Å². The second-order valence-corrected chi connectivity index (χ2v) is 3.94. The highest BCUT2D eigenvalue weighted by atomic mass is 19.1. The van der Waals surface area contributed by atoms with Gasteiger partial charge < -0.3 is 0 Å². The van der Waals surface area contributed by atoms with Crippen molar-refractivity contribution >= 4 is 5.78 Å². The van der Waals surface area contributed by atoms with E-state index in [1.807, 2.05) is 0 Å². The van der Waals surface area contributed by atoms with Gasteiger partial charge in [-0.05, 0) is 13.0 Å². The number of aryl methyl sites for hydroxylation is 1. The Morgan fingerprint density at radius 1 is 1.00 bits per heavy atom. The SMILES string of the molecule is Cc1cccc(C(=O)c2c(F)cc(F)cc2F)c1. The van der Waals surface area contributed by atoms with Gasteiger partial charge in [-0.3, -0.25) is 4.79 Å². The van der Waals surface area contributed by atoms with Gasteiger partial charge in [0.2, 0.25) is 0 Å². The number of carbonyl (C=O) groups is 1. The van der Waals surface area contributed by atoms with Crippen molar-refractivity contribution in [2.75, 3.05) is 0 Å². The number of halogens is 3.